The molecule has 0 heterocycles. The normalized spacial score (nSPS) is 11.6. The lowest BCUT2D eigenvalue weighted by Gasteiger charge is -2.30. The van der Waals surface area contributed by atoms with E-state index in [1.807, 2.05) is 0 Å². The fraction of sp³-hybridized carbons (Fsp3) is 0.368. The largest absolute Gasteiger partial charge is 0.126 e. The minimum Gasteiger partial charge on any atom is -0.126 e. The summed E-state index contributed by atoms with van der Waals surface area (Å²) in [6, 6.07) is 19.2. The van der Waals surface area contributed by atoms with E-state index in [2.05, 4.69) is 61.5 Å². The van der Waals surface area contributed by atoms with Gasteiger partial charge in [0.1, 0.15) is 0 Å². The van der Waals surface area contributed by atoms with E-state index in [1.54, 1.807) is 0 Å². The maximum absolute atomic E-state index is 6.30. The molecule has 0 saturated carbocycles. The van der Waals surface area contributed by atoms with Gasteiger partial charge in [0.2, 0.25) is 0 Å². The Morgan fingerprint density at radius 1 is 0.857 bits per heavy atom. The third-order valence-electron chi connectivity index (χ3n) is 4.14. The molecule has 0 atom stereocenters. The molecule has 112 valence electrons. The fourth-order valence-corrected chi connectivity index (χ4v) is 3.51. The van der Waals surface area contributed by atoms with Gasteiger partial charge in [-0.3, -0.25) is 0 Å². The molecule has 0 saturated heterocycles. The van der Waals surface area contributed by atoms with Gasteiger partial charge < -0.3 is 0 Å². The third kappa shape index (κ3) is 4.25. The Labute approximate surface area is 138 Å². The molecular weight excluding hydrogens is 299 g/mol. The molecule has 0 spiro atoms. The Bertz CT molecular complexity index is 527. The molecule has 0 bridgehead atoms. The van der Waals surface area contributed by atoms with Gasteiger partial charge >= 0.3 is 0 Å². The first-order valence-corrected chi connectivity index (χ1v) is 8.50. The first-order valence-electron chi connectivity index (χ1n) is 7.43. The van der Waals surface area contributed by atoms with Crippen molar-refractivity contribution in [2.45, 2.75) is 31.6 Å². The monoisotopic (exact) mass is 320 g/mol. The van der Waals surface area contributed by atoms with Gasteiger partial charge in [-0.25, -0.2) is 0 Å². The molecule has 0 nitrogen and oxygen atoms in total. The topological polar surface area (TPSA) is 0 Å². The highest BCUT2D eigenvalue weighted by Gasteiger charge is 2.30. The Morgan fingerprint density at radius 3 is 2.05 bits per heavy atom. The fourth-order valence-electron chi connectivity index (χ4n) is 2.65. The van der Waals surface area contributed by atoms with Crippen molar-refractivity contribution in [3.8, 4) is 0 Å². The van der Waals surface area contributed by atoms with Crippen molar-refractivity contribution >= 4 is 23.2 Å². The molecule has 2 heteroatoms. The van der Waals surface area contributed by atoms with Crippen LogP contribution in [0, 0.1) is 6.92 Å². The van der Waals surface area contributed by atoms with Crippen LogP contribution in [-0.2, 0) is 11.8 Å². The first kappa shape index (κ1) is 16.4. The number of halogens is 2. The second-order valence-corrected chi connectivity index (χ2v) is 6.29. The average molecular weight is 321 g/mol. The van der Waals surface area contributed by atoms with Crippen LogP contribution in [0.25, 0.3) is 0 Å². The smallest absolute Gasteiger partial charge is 0.0332 e. The predicted octanol–water partition coefficient (Wildman–Crippen LogP) is 5.73. The summed E-state index contributed by atoms with van der Waals surface area (Å²) < 4.78 is 0. The molecule has 0 aliphatic carbocycles. The van der Waals surface area contributed by atoms with E-state index >= 15 is 0 Å². The Kier molecular flexibility index (Phi) is 6.14. The van der Waals surface area contributed by atoms with Gasteiger partial charge in [-0.15, -0.1) is 23.2 Å². The molecule has 0 aromatic heterocycles. The maximum atomic E-state index is 6.30. The molecule has 0 aliphatic rings. The number of aryl methyl sites for hydroxylation is 2. The molecular formula is C19H22Cl2. The molecule has 2 aromatic rings. The third-order valence-corrected chi connectivity index (χ3v) is 5.16. The van der Waals surface area contributed by atoms with Crippen molar-refractivity contribution in [1.82, 2.24) is 0 Å². The minimum absolute atomic E-state index is 0.119. The van der Waals surface area contributed by atoms with Crippen LogP contribution in [0.1, 0.15) is 29.5 Å². The lowest BCUT2D eigenvalue weighted by atomic mass is 9.79. The van der Waals surface area contributed by atoms with Crippen LogP contribution in [0.4, 0.5) is 0 Å². The molecule has 0 radical (unpaired) electrons. The molecule has 0 amide bonds. The van der Waals surface area contributed by atoms with Crippen molar-refractivity contribution in [2.75, 3.05) is 11.8 Å². The van der Waals surface area contributed by atoms with E-state index < -0.39 is 0 Å². The Morgan fingerprint density at radius 2 is 1.48 bits per heavy atom. The summed E-state index contributed by atoms with van der Waals surface area (Å²) in [5.74, 6) is 1.13. The van der Waals surface area contributed by atoms with Crippen LogP contribution in [0.5, 0.6) is 0 Å². The summed E-state index contributed by atoms with van der Waals surface area (Å²) >= 11 is 12.6. The SMILES string of the molecule is Cc1ccc(C(CCl)(CCl)CCCc2ccccc2)cc1. The van der Waals surface area contributed by atoms with Gasteiger partial charge in [0.15, 0.2) is 0 Å². The molecule has 21 heavy (non-hydrogen) atoms. The van der Waals surface area contributed by atoms with E-state index in [-0.39, 0.29) is 5.41 Å². The number of rotatable bonds is 7. The van der Waals surface area contributed by atoms with Gasteiger partial charge in [0.05, 0.1) is 0 Å². The summed E-state index contributed by atoms with van der Waals surface area (Å²) in [6.45, 7) is 2.10. The summed E-state index contributed by atoms with van der Waals surface area (Å²) in [6.07, 6.45) is 3.18. The van der Waals surface area contributed by atoms with Crippen LogP contribution >= 0.6 is 23.2 Å². The predicted molar refractivity (Wildman–Crippen MR) is 93.7 cm³/mol. The van der Waals surface area contributed by atoms with Gasteiger partial charge in [-0.1, -0.05) is 60.2 Å². The van der Waals surface area contributed by atoms with Crippen LogP contribution < -0.4 is 0 Å². The Balaban J connectivity index is 2.06. The van der Waals surface area contributed by atoms with Gasteiger partial charge in [-0.05, 0) is 37.3 Å². The Hall–Kier alpha value is -0.980. The van der Waals surface area contributed by atoms with Gasteiger partial charge in [-0.2, -0.15) is 0 Å². The quantitative estimate of drug-likeness (QED) is 0.571. The lowest BCUT2D eigenvalue weighted by Crippen LogP contribution is -2.30. The highest BCUT2D eigenvalue weighted by Crippen LogP contribution is 2.33. The van der Waals surface area contributed by atoms with E-state index in [0.29, 0.717) is 11.8 Å². The van der Waals surface area contributed by atoms with Gasteiger partial charge in [0.25, 0.3) is 0 Å². The standard InChI is InChI=1S/C19H22Cl2/c1-16-9-11-18(12-10-16)19(14-20,15-21)13-5-8-17-6-3-2-4-7-17/h2-4,6-7,9-12H,5,8,13-15H2,1H3. The molecule has 0 fully saturated rings. The van der Waals surface area contributed by atoms with E-state index in [9.17, 15) is 0 Å². The summed E-state index contributed by atoms with van der Waals surface area (Å²) in [5.41, 5.74) is 3.78. The van der Waals surface area contributed by atoms with Crippen LogP contribution in [-0.4, -0.2) is 11.8 Å². The average Bonchev–Trinajstić information content (AvgIpc) is 2.54. The molecule has 0 aliphatic heterocycles. The summed E-state index contributed by atoms with van der Waals surface area (Å²) in [7, 11) is 0. The highest BCUT2D eigenvalue weighted by atomic mass is 35.5. The summed E-state index contributed by atoms with van der Waals surface area (Å²) in [4.78, 5) is 0. The van der Waals surface area contributed by atoms with Crippen LogP contribution in [0.2, 0.25) is 0 Å². The number of hydrogen-bond acceptors (Lipinski definition) is 0. The molecule has 0 unspecified atom stereocenters. The highest BCUT2D eigenvalue weighted by molar-refractivity contribution is 6.22. The van der Waals surface area contributed by atoms with Crippen molar-refractivity contribution < 1.29 is 0 Å². The van der Waals surface area contributed by atoms with E-state index in [4.69, 9.17) is 23.2 Å². The van der Waals surface area contributed by atoms with Crippen molar-refractivity contribution in [3.05, 3.63) is 71.3 Å². The van der Waals surface area contributed by atoms with Crippen LogP contribution in [0.3, 0.4) is 0 Å². The number of benzene rings is 2. The van der Waals surface area contributed by atoms with Crippen molar-refractivity contribution in [2.24, 2.45) is 0 Å². The van der Waals surface area contributed by atoms with Crippen molar-refractivity contribution in [3.63, 3.8) is 0 Å². The molecule has 2 aromatic carbocycles. The molecule has 2 rings (SSSR count). The number of alkyl halides is 2. The number of hydrogen-bond donors (Lipinski definition) is 0. The maximum Gasteiger partial charge on any atom is 0.0332 e. The second-order valence-electron chi connectivity index (χ2n) is 5.75. The lowest BCUT2D eigenvalue weighted by molar-refractivity contribution is 0.472. The van der Waals surface area contributed by atoms with Crippen molar-refractivity contribution in [1.29, 1.82) is 0 Å². The van der Waals surface area contributed by atoms with Gasteiger partial charge in [0, 0.05) is 17.2 Å². The van der Waals surface area contributed by atoms with E-state index in [1.165, 1.54) is 16.7 Å². The minimum atomic E-state index is -0.119. The van der Waals surface area contributed by atoms with Crippen LogP contribution in [0.15, 0.2) is 54.6 Å². The first-order chi connectivity index (χ1) is 10.2. The molecule has 0 N–H and O–H groups in total. The summed E-state index contributed by atoms with van der Waals surface area (Å²) in [5, 5.41) is 0. The van der Waals surface area contributed by atoms with E-state index in [0.717, 1.165) is 19.3 Å². The zero-order valence-corrected chi connectivity index (χ0v) is 14.0. The zero-order valence-electron chi connectivity index (χ0n) is 12.5. The second kappa shape index (κ2) is 7.87. The zero-order chi connectivity index (χ0) is 15.1.